The summed E-state index contributed by atoms with van der Waals surface area (Å²) in [6.45, 7) is 13.6. The number of rotatable bonds is 13. The molecule has 0 aliphatic carbocycles. The van der Waals surface area contributed by atoms with E-state index in [2.05, 4.69) is 150 Å². The summed E-state index contributed by atoms with van der Waals surface area (Å²) in [5, 5.41) is 16.6. The first-order valence-corrected chi connectivity index (χ1v) is 25.4. The Morgan fingerprint density at radius 3 is 1.96 bits per heavy atom. The highest BCUT2D eigenvalue weighted by molar-refractivity contribution is 5.93. The summed E-state index contributed by atoms with van der Waals surface area (Å²) in [5.41, 5.74) is 12.2. The van der Waals surface area contributed by atoms with E-state index in [9.17, 15) is 4.79 Å². The highest BCUT2D eigenvalue weighted by Gasteiger charge is 2.28. The van der Waals surface area contributed by atoms with Gasteiger partial charge in [-0.25, -0.2) is 39.4 Å². The maximum atomic E-state index is 13.6. The molecule has 2 aliphatic rings. The minimum atomic E-state index is -0.0174. The Morgan fingerprint density at radius 2 is 1.32 bits per heavy atom. The van der Waals surface area contributed by atoms with Crippen molar-refractivity contribution in [3.63, 3.8) is 0 Å². The zero-order chi connectivity index (χ0) is 51.0. The standard InChI is InChI=1S/C56H57N18O/c1-36-20-44(9-7-42(36)22-40-11-15-73-52(24-40)62-34-66-73)68-56-47-27-51(59-30-49(47)61-33-64-56)72-19-18-69(31-39(72)4)54(75)6-5-14-70-35-65-53-25-41(12-16-74(53)70)23-43-8-10-45(21-37(43)2)67-55-46-26-50(58-29-48(46)60-32-63-55)71-17-13-57-28-38(71)3/h5-12,15-16,20-21,24-27,29-30,32-35,38-39,57H,13-14,17-19,22-23,28,31H2,1-4H3,(H,60,63,67)(H,61,64,68)/q+1/b6-5+/t38-,39-/m0/s1. The molecule has 0 radical (unpaired) electrons. The molecule has 1 amide bonds. The predicted molar refractivity (Wildman–Crippen MR) is 290 cm³/mol. The molecule has 2 saturated heterocycles. The SMILES string of the molecule is Cc1cc(Nc2ncnc3cnc(N4CCNC[C@@H]4C)cc23)ccc1Cc1ccn2c(c1)nc[n+]2C/C=C/C(=O)N1CCN(c2cc3c(Nc4ccc(Cc5ccn6ncnc6c5)c(C)c4)ncnc3cn2)[C@@H](C)C1. The second-order valence-electron chi connectivity index (χ2n) is 19.6. The molecule has 2 fully saturated rings. The predicted octanol–water partition coefficient (Wildman–Crippen LogP) is 6.72. The number of hydrogen-bond donors (Lipinski definition) is 3. The molecule has 376 valence electrons. The Bertz CT molecular complexity index is 3790. The van der Waals surface area contributed by atoms with E-state index in [1.807, 2.05) is 51.2 Å². The van der Waals surface area contributed by atoms with E-state index < -0.39 is 0 Å². The van der Waals surface area contributed by atoms with E-state index >= 15 is 0 Å². The summed E-state index contributed by atoms with van der Waals surface area (Å²) >= 11 is 0. The summed E-state index contributed by atoms with van der Waals surface area (Å²) in [7, 11) is 0. The van der Waals surface area contributed by atoms with Crippen LogP contribution in [0.4, 0.5) is 34.6 Å². The molecule has 75 heavy (non-hydrogen) atoms. The van der Waals surface area contributed by atoms with Crippen LogP contribution in [0.15, 0.2) is 135 Å². The summed E-state index contributed by atoms with van der Waals surface area (Å²) in [4.78, 5) is 56.9. The Balaban J connectivity index is 0.650. The molecule has 0 unspecified atom stereocenters. The Hall–Kier alpha value is -8.97. The Morgan fingerprint density at radius 1 is 0.680 bits per heavy atom. The van der Waals surface area contributed by atoms with E-state index in [1.54, 1.807) is 35.8 Å². The van der Waals surface area contributed by atoms with Gasteiger partial charge >= 0.3 is 6.33 Å². The van der Waals surface area contributed by atoms with Gasteiger partial charge in [-0.2, -0.15) is 5.10 Å². The van der Waals surface area contributed by atoms with Gasteiger partial charge < -0.3 is 30.7 Å². The summed E-state index contributed by atoms with van der Waals surface area (Å²) in [6.07, 6.45) is 19.3. The number of amides is 1. The number of pyridine rings is 4. The van der Waals surface area contributed by atoms with Crippen LogP contribution in [0.1, 0.15) is 47.2 Å². The average molecular weight is 998 g/mol. The molecule has 10 aromatic rings. The summed E-state index contributed by atoms with van der Waals surface area (Å²) in [5.74, 6) is 3.20. The molecule has 19 nitrogen and oxygen atoms in total. The number of aromatic nitrogens is 12. The number of fused-ring (bicyclic) bond motifs is 4. The van der Waals surface area contributed by atoms with Crippen molar-refractivity contribution in [3.8, 4) is 0 Å². The van der Waals surface area contributed by atoms with Crippen molar-refractivity contribution < 1.29 is 9.48 Å². The third kappa shape index (κ3) is 9.84. The third-order valence-electron chi connectivity index (χ3n) is 14.5. The number of hydrogen-bond acceptors (Lipinski definition) is 15. The number of anilines is 6. The minimum Gasteiger partial charge on any atom is -0.351 e. The van der Waals surface area contributed by atoms with Crippen molar-refractivity contribution in [2.45, 2.75) is 59.2 Å². The maximum Gasteiger partial charge on any atom is 0.308 e. The molecular formula is C56H57N18O+. The van der Waals surface area contributed by atoms with E-state index in [0.29, 0.717) is 38.0 Å². The molecule has 0 spiro atoms. The summed E-state index contributed by atoms with van der Waals surface area (Å²) in [6, 6.07) is 25.7. The Labute approximate surface area is 433 Å². The molecule has 19 heteroatoms. The second-order valence-corrected chi connectivity index (χ2v) is 19.6. The average Bonchev–Trinajstić information content (AvgIpc) is 4.07. The van der Waals surface area contributed by atoms with Gasteiger partial charge in [0.05, 0.1) is 29.6 Å². The minimum absolute atomic E-state index is 0.0174. The Kier molecular flexibility index (Phi) is 12.6. The van der Waals surface area contributed by atoms with Gasteiger partial charge in [-0.1, -0.05) is 12.1 Å². The lowest BCUT2D eigenvalue weighted by Crippen LogP contribution is -2.53. The first-order valence-electron chi connectivity index (χ1n) is 25.4. The smallest absolute Gasteiger partial charge is 0.308 e. The van der Waals surface area contributed by atoms with Gasteiger partial charge in [-0.05, 0) is 140 Å². The number of aryl methyl sites for hydroxylation is 2. The van der Waals surface area contributed by atoms with Crippen LogP contribution in [0.25, 0.3) is 33.1 Å². The third-order valence-corrected chi connectivity index (χ3v) is 14.5. The number of carbonyl (C=O) groups excluding carboxylic acids is 1. The van der Waals surface area contributed by atoms with Crippen LogP contribution in [0, 0.1) is 13.8 Å². The number of nitrogens with zero attached hydrogens (tertiary/aromatic N) is 15. The van der Waals surface area contributed by atoms with Crippen LogP contribution >= 0.6 is 0 Å². The van der Waals surface area contributed by atoms with Crippen molar-refractivity contribution in [1.82, 2.24) is 64.2 Å². The maximum absolute atomic E-state index is 13.6. The summed E-state index contributed by atoms with van der Waals surface area (Å²) < 4.78 is 5.77. The first-order chi connectivity index (χ1) is 36.6. The topological polar surface area (TPSA) is 192 Å². The van der Waals surface area contributed by atoms with Crippen LogP contribution in [-0.4, -0.2) is 116 Å². The number of nitrogens with one attached hydrogen (secondary N) is 3. The molecule has 12 rings (SSSR count). The zero-order valence-corrected chi connectivity index (χ0v) is 42.3. The van der Waals surface area contributed by atoms with Gasteiger partial charge in [0.2, 0.25) is 5.91 Å². The fourth-order valence-corrected chi connectivity index (χ4v) is 10.3. The normalized spacial score (nSPS) is 16.2. The van der Waals surface area contributed by atoms with Crippen molar-refractivity contribution >= 4 is 73.7 Å². The van der Waals surface area contributed by atoms with Gasteiger partial charge in [-0.3, -0.25) is 4.79 Å². The molecular weight excluding hydrogens is 941 g/mol. The zero-order valence-electron chi connectivity index (χ0n) is 42.3. The first kappa shape index (κ1) is 47.1. The lowest BCUT2D eigenvalue weighted by Gasteiger charge is -2.40. The van der Waals surface area contributed by atoms with Crippen molar-refractivity contribution in [3.05, 3.63) is 168 Å². The molecule has 0 saturated carbocycles. The van der Waals surface area contributed by atoms with Crippen LogP contribution in [0.2, 0.25) is 0 Å². The molecule has 2 atom stereocenters. The largest absolute Gasteiger partial charge is 0.351 e. The van der Waals surface area contributed by atoms with Gasteiger partial charge in [0.1, 0.15) is 48.8 Å². The van der Waals surface area contributed by atoms with Gasteiger partial charge in [0.25, 0.3) is 5.65 Å². The van der Waals surface area contributed by atoms with Gasteiger partial charge in [0.15, 0.2) is 5.65 Å². The van der Waals surface area contributed by atoms with Crippen molar-refractivity contribution in [2.75, 3.05) is 59.7 Å². The van der Waals surface area contributed by atoms with Gasteiger partial charge in [-0.15, -0.1) is 9.20 Å². The fourth-order valence-electron chi connectivity index (χ4n) is 10.3. The van der Waals surface area contributed by atoms with E-state index in [4.69, 9.17) is 15.0 Å². The van der Waals surface area contributed by atoms with Crippen LogP contribution in [0.3, 0.4) is 0 Å². The number of carbonyl (C=O) groups is 1. The van der Waals surface area contributed by atoms with E-state index in [-0.39, 0.29) is 11.9 Å². The molecule has 2 aromatic carbocycles. The monoisotopic (exact) mass is 997 g/mol. The van der Waals surface area contributed by atoms with E-state index in [1.165, 1.54) is 27.8 Å². The van der Waals surface area contributed by atoms with Crippen molar-refractivity contribution in [2.24, 2.45) is 0 Å². The van der Waals surface area contributed by atoms with Crippen molar-refractivity contribution in [1.29, 1.82) is 0 Å². The second kappa shape index (κ2) is 20.1. The highest BCUT2D eigenvalue weighted by atomic mass is 16.2. The molecule has 2 aliphatic heterocycles. The molecule has 3 N–H and O–H groups in total. The molecule has 10 heterocycles. The lowest BCUT2D eigenvalue weighted by molar-refractivity contribution is -0.752. The van der Waals surface area contributed by atoms with Crippen LogP contribution in [0.5, 0.6) is 0 Å². The molecule has 8 aromatic heterocycles. The van der Waals surface area contributed by atoms with Crippen LogP contribution < -0.4 is 30.4 Å². The number of allylic oxidation sites excluding steroid dienone is 1. The fraction of sp³-hybridized carbons (Fsp3) is 0.268. The number of piperazine rings is 2. The van der Waals surface area contributed by atoms with Gasteiger partial charge in [0, 0.05) is 91.8 Å². The molecule has 0 bridgehead atoms. The highest BCUT2D eigenvalue weighted by Crippen LogP contribution is 2.31. The van der Waals surface area contributed by atoms with E-state index in [0.717, 1.165) is 100.0 Å². The number of benzene rings is 2. The quantitative estimate of drug-likeness (QED) is 0.0815. The van der Waals surface area contributed by atoms with Crippen LogP contribution in [-0.2, 0) is 24.2 Å². The lowest BCUT2D eigenvalue weighted by atomic mass is 10.0.